The highest BCUT2D eigenvalue weighted by molar-refractivity contribution is 7.07. The fourth-order valence-corrected chi connectivity index (χ4v) is 16.8. The lowest BCUT2D eigenvalue weighted by atomic mass is 9.65. The van der Waals surface area contributed by atoms with E-state index in [-0.39, 0.29) is 17.3 Å². The number of hydrogen-bond acceptors (Lipinski definition) is 2. The van der Waals surface area contributed by atoms with E-state index in [0.717, 1.165) is 12.8 Å². The van der Waals surface area contributed by atoms with Crippen molar-refractivity contribution in [2.45, 2.75) is 12.8 Å². The maximum Gasteiger partial charge on any atom is 0.288 e. The molecule has 55 heavy (non-hydrogen) atoms. The fraction of sp³-hybridized carbons (Fsp3) is 0.137. The minimum atomic E-state index is -2.97. The summed E-state index contributed by atoms with van der Waals surface area (Å²) in [5.74, 6) is 0.414. The van der Waals surface area contributed by atoms with Gasteiger partial charge in [0.15, 0.2) is 0 Å². The average molecular weight is 749 g/mol. The largest absolute Gasteiger partial charge is 0.404 e. The van der Waals surface area contributed by atoms with Crippen molar-refractivity contribution in [3.8, 4) is 0 Å². The lowest BCUT2D eigenvalue weighted by Crippen LogP contribution is -2.70. The zero-order valence-corrected chi connectivity index (χ0v) is 33.2. The number of benzene rings is 6. The van der Waals surface area contributed by atoms with Crippen LogP contribution in [0, 0.1) is 17.3 Å². The normalized spacial score (nSPS) is 14.5. The average Bonchev–Trinajstić information content (AvgIpc) is 4.03. The molecule has 6 aromatic carbocycles. The molecule has 0 aliphatic heterocycles. The highest BCUT2D eigenvalue weighted by Gasteiger charge is 2.49. The smallest absolute Gasteiger partial charge is 0.288 e. The van der Waals surface area contributed by atoms with E-state index in [1.807, 2.05) is 0 Å². The van der Waals surface area contributed by atoms with Gasteiger partial charge in [0.05, 0.1) is 0 Å². The molecule has 272 valence electrons. The summed E-state index contributed by atoms with van der Waals surface area (Å²) in [6, 6.07) is 65.6. The molecule has 0 radical (unpaired) electrons. The van der Waals surface area contributed by atoms with Crippen LogP contribution in [0.4, 0.5) is 0 Å². The highest BCUT2D eigenvalue weighted by atomic mass is 28.4. The molecule has 4 heteroatoms. The lowest BCUT2D eigenvalue weighted by molar-refractivity contribution is 0.0708. The summed E-state index contributed by atoms with van der Waals surface area (Å²) in [6.45, 7) is 1.22. The van der Waals surface area contributed by atoms with Gasteiger partial charge >= 0.3 is 0 Å². The van der Waals surface area contributed by atoms with Crippen molar-refractivity contribution in [1.29, 1.82) is 0 Å². The molecule has 2 aliphatic carbocycles. The van der Waals surface area contributed by atoms with Crippen LogP contribution in [-0.4, -0.2) is 29.8 Å². The third kappa shape index (κ3) is 7.27. The molecule has 8 rings (SSSR count). The predicted molar refractivity (Wildman–Crippen MR) is 235 cm³/mol. The van der Waals surface area contributed by atoms with Gasteiger partial charge in [0.2, 0.25) is 0 Å². The number of hydrogen-bond donors (Lipinski definition) is 0. The second-order valence-corrected chi connectivity index (χ2v) is 21.4. The maximum atomic E-state index is 7.86. The van der Waals surface area contributed by atoms with Crippen molar-refractivity contribution in [3.05, 3.63) is 231 Å². The topological polar surface area (TPSA) is 18.5 Å². The van der Waals surface area contributed by atoms with Crippen molar-refractivity contribution >= 4 is 47.8 Å². The Morgan fingerprint density at radius 2 is 0.636 bits per heavy atom. The van der Waals surface area contributed by atoms with E-state index in [0.29, 0.717) is 13.2 Å². The Hall–Kier alpha value is -5.37. The zero-order valence-electron chi connectivity index (χ0n) is 31.2. The second kappa shape index (κ2) is 17.0. The molecule has 2 nitrogen and oxygen atoms in total. The SMILES string of the molecule is C1=CC(C(CCCO[Si](c2ccccc2)(c2ccccc2)c2ccccc2)(CO[Si](c2ccccc2)(c2ccccc2)c2ccccc2)C2C=CC=C2)C=C1. The first-order valence-electron chi connectivity index (χ1n) is 19.6. The zero-order chi connectivity index (χ0) is 37.2. The molecular formula is C51H48O2Si2. The number of allylic oxidation sites excluding steroid dienone is 8. The molecule has 0 atom stereocenters. The first-order valence-corrected chi connectivity index (χ1v) is 23.4. The summed E-state index contributed by atoms with van der Waals surface area (Å²) in [4.78, 5) is 0. The van der Waals surface area contributed by atoms with Crippen molar-refractivity contribution in [2.24, 2.45) is 17.3 Å². The van der Waals surface area contributed by atoms with Crippen molar-refractivity contribution in [2.75, 3.05) is 13.2 Å². The quantitative estimate of drug-likeness (QED) is 0.0577. The summed E-state index contributed by atoms with van der Waals surface area (Å²) in [6.07, 6.45) is 20.2. The molecule has 0 saturated carbocycles. The molecule has 0 unspecified atom stereocenters. The third-order valence-electron chi connectivity index (χ3n) is 11.6. The third-order valence-corrected chi connectivity index (χ3v) is 19.7. The summed E-state index contributed by atoms with van der Waals surface area (Å²) >= 11 is 0. The van der Waals surface area contributed by atoms with Gasteiger partial charge in [-0.05, 0) is 44.0 Å². The molecular weight excluding hydrogens is 701 g/mol. The van der Waals surface area contributed by atoms with Crippen LogP contribution in [0.15, 0.2) is 231 Å². The second-order valence-electron chi connectivity index (χ2n) is 14.6. The van der Waals surface area contributed by atoms with Crippen LogP contribution in [0.25, 0.3) is 0 Å². The maximum absolute atomic E-state index is 7.86. The van der Waals surface area contributed by atoms with E-state index in [9.17, 15) is 0 Å². The number of rotatable bonds is 16. The molecule has 0 amide bonds. The first-order chi connectivity index (χ1) is 27.3. The van der Waals surface area contributed by atoms with Gasteiger partial charge in [0.25, 0.3) is 16.6 Å². The van der Waals surface area contributed by atoms with E-state index >= 15 is 0 Å². The molecule has 0 heterocycles. The molecule has 6 aromatic rings. The minimum Gasteiger partial charge on any atom is -0.404 e. The van der Waals surface area contributed by atoms with E-state index in [1.54, 1.807) is 0 Å². The molecule has 0 bridgehead atoms. The standard InChI is InChI=1S/C51H48O2Si2/c1-7-28-45(29-8-1)54(46-30-9-2-10-31-46,47-32-11-3-12-33-47)52-41-23-40-51(43-24-19-20-25-43,44-26-21-22-27-44)42-53-55(48-34-13-4-14-35-48,49-36-15-5-16-37-49)50-38-17-6-18-39-50/h1-22,24-39,43-44H,23,40-42H2. The van der Waals surface area contributed by atoms with Gasteiger partial charge in [-0.3, -0.25) is 0 Å². The van der Waals surface area contributed by atoms with Crippen molar-refractivity contribution < 1.29 is 8.85 Å². The van der Waals surface area contributed by atoms with Crippen LogP contribution in [0.3, 0.4) is 0 Å². The molecule has 2 aliphatic rings. The Bertz CT molecular complexity index is 1970. The fourth-order valence-electron chi connectivity index (χ4n) is 8.86. The Morgan fingerprint density at radius 1 is 0.364 bits per heavy atom. The Morgan fingerprint density at radius 3 is 0.927 bits per heavy atom. The van der Waals surface area contributed by atoms with Gasteiger partial charge in [0, 0.05) is 30.5 Å². The van der Waals surface area contributed by atoms with Gasteiger partial charge in [-0.15, -0.1) is 0 Å². The molecule has 0 fully saturated rings. The first kappa shape index (κ1) is 36.6. The lowest BCUT2D eigenvalue weighted by Gasteiger charge is -2.45. The van der Waals surface area contributed by atoms with Crippen LogP contribution < -0.4 is 31.1 Å². The highest BCUT2D eigenvalue weighted by Crippen LogP contribution is 2.47. The van der Waals surface area contributed by atoms with Gasteiger partial charge in [-0.25, -0.2) is 0 Å². The monoisotopic (exact) mass is 748 g/mol. The summed E-state index contributed by atoms with van der Waals surface area (Å²) in [5.41, 5.74) is -0.247. The molecule has 0 spiro atoms. The summed E-state index contributed by atoms with van der Waals surface area (Å²) in [7, 11) is -5.81. The predicted octanol–water partition coefficient (Wildman–Crippen LogP) is 7.60. The van der Waals surface area contributed by atoms with E-state index in [2.05, 4.69) is 231 Å². The van der Waals surface area contributed by atoms with E-state index in [1.165, 1.54) is 31.1 Å². The minimum absolute atomic E-state index is 0.207. The van der Waals surface area contributed by atoms with Gasteiger partial charge < -0.3 is 8.85 Å². The summed E-state index contributed by atoms with van der Waals surface area (Å²) in [5, 5.41) is 7.54. The van der Waals surface area contributed by atoms with Crippen LogP contribution in [-0.2, 0) is 8.85 Å². The van der Waals surface area contributed by atoms with Gasteiger partial charge in [-0.1, -0.05) is 231 Å². The van der Waals surface area contributed by atoms with E-state index < -0.39 is 16.6 Å². The van der Waals surface area contributed by atoms with Crippen LogP contribution >= 0.6 is 0 Å². The Balaban J connectivity index is 1.18. The Labute approximate surface area is 329 Å². The van der Waals surface area contributed by atoms with Crippen LogP contribution in [0.5, 0.6) is 0 Å². The Kier molecular flexibility index (Phi) is 11.3. The molecule has 0 saturated heterocycles. The van der Waals surface area contributed by atoms with Crippen molar-refractivity contribution in [1.82, 2.24) is 0 Å². The van der Waals surface area contributed by atoms with Crippen LogP contribution in [0.2, 0.25) is 0 Å². The van der Waals surface area contributed by atoms with Crippen LogP contribution in [0.1, 0.15) is 12.8 Å². The molecule has 0 aromatic heterocycles. The molecule has 0 N–H and O–H groups in total. The van der Waals surface area contributed by atoms with E-state index in [4.69, 9.17) is 8.85 Å². The summed E-state index contributed by atoms with van der Waals surface area (Å²) < 4.78 is 15.4. The van der Waals surface area contributed by atoms with Gasteiger partial charge in [0.1, 0.15) is 0 Å². The van der Waals surface area contributed by atoms with Crippen molar-refractivity contribution in [3.63, 3.8) is 0 Å². The van der Waals surface area contributed by atoms with Gasteiger partial charge in [-0.2, -0.15) is 0 Å².